The van der Waals surface area contributed by atoms with Gasteiger partial charge in [-0.15, -0.1) is 0 Å². The lowest BCUT2D eigenvalue weighted by atomic mass is 9.49. The second-order valence-electron chi connectivity index (χ2n) is 10.8. The largest absolute Gasteiger partial charge is 0.298 e. The molecule has 7 atom stereocenters. The van der Waals surface area contributed by atoms with Crippen molar-refractivity contribution in [3.05, 3.63) is 23.8 Å². The van der Waals surface area contributed by atoms with Crippen molar-refractivity contribution < 1.29 is 9.59 Å². The Morgan fingerprint density at radius 1 is 0.923 bits per heavy atom. The van der Waals surface area contributed by atoms with Gasteiger partial charge in [-0.1, -0.05) is 32.4 Å². The first-order valence-electron chi connectivity index (χ1n) is 10.9. The molecule has 2 nitrogen and oxygen atoms in total. The molecule has 1 spiro atoms. The van der Waals surface area contributed by atoms with Gasteiger partial charge >= 0.3 is 0 Å². The fourth-order valence-corrected chi connectivity index (χ4v) is 8.69. The van der Waals surface area contributed by atoms with Crippen LogP contribution in [-0.4, -0.2) is 11.6 Å². The summed E-state index contributed by atoms with van der Waals surface area (Å²) in [5.41, 5.74) is 1.41. The van der Waals surface area contributed by atoms with Crippen molar-refractivity contribution in [2.45, 2.75) is 65.2 Å². The molecule has 0 aromatic rings. The second kappa shape index (κ2) is 4.62. The van der Waals surface area contributed by atoms with Crippen molar-refractivity contribution >= 4 is 11.6 Å². The molecule has 6 aliphatic rings. The molecule has 0 aromatic heterocycles. The summed E-state index contributed by atoms with van der Waals surface area (Å²) >= 11 is 0. The van der Waals surface area contributed by atoms with Crippen LogP contribution in [0.25, 0.3) is 0 Å². The van der Waals surface area contributed by atoms with Crippen molar-refractivity contribution in [3.63, 3.8) is 0 Å². The quantitative estimate of drug-likeness (QED) is 0.623. The minimum Gasteiger partial charge on any atom is -0.298 e. The topological polar surface area (TPSA) is 34.1 Å². The summed E-state index contributed by atoms with van der Waals surface area (Å²) in [7, 11) is 0. The Bertz CT molecular complexity index is 778. The van der Waals surface area contributed by atoms with Gasteiger partial charge in [-0.25, -0.2) is 0 Å². The number of carbonyl (C=O) groups excluding carboxylic acids is 2. The monoisotopic (exact) mass is 350 g/mol. The maximum atomic E-state index is 13.7. The van der Waals surface area contributed by atoms with Gasteiger partial charge in [-0.2, -0.15) is 0 Å². The maximum Gasteiger partial charge on any atom is 0.156 e. The first-order chi connectivity index (χ1) is 12.4. The Labute approximate surface area is 156 Å². The van der Waals surface area contributed by atoms with Gasteiger partial charge in [0.1, 0.15) is 5.78 Å². The average molecular weight is 351 g/mol. The van der Waals surface area contributed by atoms with E-state index in [-0.39, 0.29) is 16.2 Å². The fourth-order valence-electron chi connectivity index (χ4n) is 8.69. The van der Waals surface area contributed by atoms with Crippen LogP contribution in [0.2, 0.25) is 0 Å². The molecule has 6 unspecified atom stereocenters. The predicted octanol–water partition coefficient (Wildman–Crippen LogP) is 4.89. The Hall–Kier alpha value is -1.18. The van der Waals surface area contributed by atoms with Gasteiger partial charge in [-0.05, 0) is 85.2 Å². The van der Waals surface area contributed by atoms with Crippen LogP contribution in [0.5, 0.6) is 0 Å². The SMILES string of the molecule is CC12CCC3C(C=CC4=CC(=O)CC[C@@]43C)C1CC1(C2=O)C2CCCC21. The highest BCUT2D eigenvalue weighted by atomic mass is 16.1. The zero-order chi connectivity index (χ0) is 17.9. The number of rotatable bonds is 0. The van der Waals surface area contributed by atoms with E-state index in [4.69, 9.17) is 0 Å². The molecule has 0 saturated heterocycles. The van der Waals surface area contributed by atoms with Gasteiger partial charge in [0.15, 0.2) is 5.78 Å². The summed E-state index contributed by atoms with van der Waals surface area (Å²) in [4.78, 5) is 25.6. The molecule has 0 N–H and O–H groups in total. The van der Waals surface area contributed by atoms with E-state index in [9.17, 15) is 9.59 Å². The number of Topliss-reactive ketones (excluding diaryl/α,β-unsaturated/α-hetero) is 1. The van der Waals surface area contributed by atoms with Crippen molar-refractivity contribution in [2.24, 2.45) is 45.8 Å². The molecular formula is C24H30O2. The number of carbonyl (C=O) groups is 2. The summed E-state index contributed by atoms with van der Waals surface area (Å²) in [6.45, 7) is 4.71. The first kappa shape index (κ1) is 15.8. The van der Waals surface area contributed by atoms with Crippen LogP contribution < -0.4 is 0 Å². The van der Waals surface area contributed by atoms with Crippen LogP contribution in [0.4, 0.5) is 0 Å². The van der Waals surface area contributed by atoms with Crippen LogP contribution >= 0.6 is 0 Å². The van der Waals surface area contributed by atoms with Crippen molar-refractivity contribution in [1.82, 2.24) is 0 Å². The van der Waals surface area contributed by atoms with Crippen molar-refractivity contribution in [1.29, 1.82) is 0 Å². The lowest BCUT2D eigenvalue weighted by Crippen LogP contribution is -2.49. The molecule has 4 fully saturated rings. The third-order valence-electron chi connectivity index (χ3n) is 10.1. The van der Waals surface area contributed by atoms with E-state index in [1.807, 2.05) is 6.08 Å². The Morgan fingerprint density at radius 3 is 2.46 bits per heavy atom. The highest BCUT2D eigenvalue weighted by Gasteiger charge is 2.78. The van der Waals surface area contributed by atoms with Crippen LogP contribution in [-0.2, 0) is 9.59 Å². The Morgan fingerprint density at radius 2 is 1.69 bits per heavy atom. The van der Waals surface area contributed by atoms with E-state index in [0.29, 0.717) is 35.7 Å². The highest BCUT2D eigenvalue weighted by molar-refractivity contribution is 5.96. The molecule has 26 heavy (non-hydrogen) atoms. The fraction of sp³-hybridized carbons (Fsp3) is 0.750. The average Bonchev–Trinajstić information content (AvgIpc) is 2.93. The highest BCUT2D eigenvalue weighted by Crippen LogP contribution is 2.79. The van der Waals surface area contributed by atoms with Gasteiger partial charge in [0.25, 0.3) is 0 Å². The number of allylic oxidation sites excluding steroid dienone is 4. The number of fused-ring (bicyclic) bond motifs is 8. The second-order valence-corrected chi connectivity index (χ2v) is 10.8. The molecule has 6 aliphatic carbocycles. The molecule has 2 heteroatoms. The van der Waals surface area contributed by atoms with E-state index >= 15 is 0 Å². The molecule has 0 aliphatic heterocycles. The molecule has 0 bridgehead atoms. The lowest BCUT2D eigenvalue weighted by molar-refractivity contribution is -0.134. The standard InChI is InChI=1S/C24H30O2/c1-22-10-8-15(25)12-14(22)6-7-16-17(22)9-11-23(2)20(16)13-24(21(23)26)18-4-3-5-19(18)24/h6-7,12,16-20H,3-5,8-11,13H2,1-2H3/t16?,17?,18?,19?,20?,22-,23?,24?/m0/s1. The molecule has 6 rings (SSSR count). The maximum absolute atomic E-state index is 13.7. The van der Waals surface area contributed by atoms with E-state index in [1.165, 1.54) is 24.8 Å². The van der Waals surface area contributed by atoms with E-state index in [0.717, 1.165) is 37.5 Å². The number of hydrogen-bond donors (Lipinski definition) is 0. The molecule has 0 radical (unpaired) electrons. The van der Waals surface area contributed by atoms with Crippen molar-refractivity contribution in [2.75, 3.05) is 0 Å². The Balaban J connectivity index is 1.41. The summed E-state index contributed by atoms with van der Waals surface area (Å²) in [5.74, 6) is 4.08. The predicted molar refractivity (Wildman–Crippen MR) is 100 cm³/mol. The zero-order valence-electron chi connectivity index (χ0n) is 16.1. The molecule has 4 saturated carbocycles. The summed E-state index contributed by atoms with van der Waals surface area (Å²) < 4.78 is 0. The van der Waals surface area contributed by atoms with Gasteiger partial charge in [-0.3, -0.25) is 9.59 Å². The number of hydrogen-bond acceptors (Lipinski definition) is 2. The zero-order valence-corrected chi connectivity index (χ0v) is 16.1. The Kier molecular flexibility index (Phi) is 2.81. The minimum absolute atomic E-state index is 0.0833. The molecular weight excluding hydrogens is 320 g/mol. The third-order valence-corrected chi connectivity index (χ3v) is 10.1. The lowest BCUT2D eigenvalue weighted by Gasteiger charge is -2.54. The van der Waals surface area contributed by atoms with Crippen LogP contribution in [0, 0.1) is 45.8 Å². The number of ketones is 2. The smallest absolute Gasteiger partial charge is 0.156 e. The molecule has 0 heterocycles. The van der Waals surface area contributed by atoms with Gasteiger partial charge < -0.3 is 0 Å². The van der Waals surface area contributed by atoms with Gasteiger partial charge in [0, 0.05) is 17.3 Å². The van der Waals surface area contributed by atoms with Crippen LogP contribution in [0.3, 0.4) is 0 Å². The van der Waals surface area contributed by atoms with Crippen molar-refractivity contribution in [3.8, 4) is 0 Å². The minimum atomic E-state index is -0.0854. The summed E-state index contributed by atoms with van der Waals surface area (Å²) in [6.07, 6.45) is 15.6. The molecule has 138 valence electrons. The molecule has 0 amide bonds. The van der Waals surface area contributed by atoms with Gasteiger partial charge in [0.05, 0.1) is 0 Å². The summed E-state index contributed by atoms with van der Waals surface area (Å²) in [6, 6.07) is 0. The van der Waals surface area contributed by atoms with E-state index in [2.05, 4.69) is 26.0 Å². The first-order valence-corrected chi connectivity index (χ1v) is 10.9. The van der Waals surface area contributed by atoms with Gasteiger partial charge in [0.2, 0.25) is 0 Å². The summed E-state index contributed by atoms with van der Waals surface area (Å²) in [5, 5.41) is 0. The third kappa shape index (κ3) is 1.58. The van der Waals surface area contributed by atoms with E-state index in [1.54, 1.807) is 0 Å². The van der Waals surface area contributed by atoms with Crippen LogP contribution in [0.15, 0.2) is 23.8 Å². The molecule has 0 aromatic carbocycles. The van der Waals surface area contributed by atoms with E-state index < -0.39 is 0 Å². The van der Waals surface area contributed by atoms with Crippen LogP contribution in [0.1, 0.15) is 65.2 Å². The normalized spacial score (nSPS) is 56.7.